The molecule has 1 aliphatic carbocycles. The molecule has 0 atom stereocenters. The average Bonchev–Trinajstić information content (AvgIpc) is 2.84. The number of carbonyl (C=O) groups excluding carboxylic acids is 1. The Balaban J connectivity index is 1.79. The van der Waals surface area contributed by atoms with E-state index < -0.39 is 0 Å². The van der Waals surface area contributed by atoms with Crippen LogP contribution >= 0.6 is 11.3 Å². The molecule has 0 saturated heterocycles. The summed E-state index contributed by atoms with van der Waals surface area (Å²) >= 11 is 1.55. The average molecular weight is 277 g/mol. The fourth-order valence-electron chi connectivity index (χ4n) is 2.01. The van der Waals surface area contributed by atoms with Gasteiger partial charge in [0.25, 0.3) is 5.89 Å². The first-order valence-corrected chi connectivity index (χ1v) is 7.17. The molecule has 0 spiro atoms. The van der Waals surface area contributed by atoms with Gasteiger partial charge in [-0.2, -0.15) is 0 Å². The van der Waals surface area contributed by atoms with Gasteiger partial charge in [0.15, 0.2) is 0 Å². The lowest BCUT2D eigenvalue weighted by Crippen LogP contribution is -2.28. The van der Waals surface area contributed by atoms with Crippen LogP contribution in [0.2, 0.25) is 0 Å². The molecule has 1 aliphatic rings. The van der Waals surface area contributed by atoms with Gasteiger partial charge in [0.2, 0.25) is 11.8 Å². The third-order valence-electron chi connectivity index (χ3n) is 3.39. The maximum absolute atomic E-state index is 11.9. The first-order chi connectivity index (χ1) is 9.13. The number of rotatable bonds is 3. The first kappa shape index (κ1) is 12.3. The number of aromatic nitrogens is 2. The number of hydrogen-bond acceptors (Lipinski definition) is 5. The van der Waals surface area contributed by atoms with Crippen LogP contribution < -0.4 is 5.32 Å². The van der Waals surface area contributed by atoms with Gasteiger partial charge in [-0.3, -0.25) is 4.79 Å². The van der Waals surface area contributed by atoms with E-state index in [1.807, 2.05) is 13.0 Å². The van der Waals surface area contributed by atoms with Crippen LogP contribution in [0.25, 0.3) is 10.8 Å². The molecule has 0 aromatic carbocycles. The van der Waals surface area contributed by atoms with Crippen molar-refractivity contribution in [3.05, 3.63) is 16.8 Å². The van der Waals surface area contributed by atoms with Crippen LogP contribution in [-0.2, 0) is 4.79 Å². The van der Waals surface area contributed by atoms with Crippen molar-refractivity contribution in [1.29, 1.82) is 0 Å². The molecule has 2 heterocycles. The summed E-state index contributed by atoms with van der Waals surface area (Å²) in [6, 6.07) is 1.91. The lowest BCUT2D eigenvalue weighted by Gasteiger charge is -2.23. The van der Waals surface area contributed by atoms with Crippen molar-refractivity contribution in [2.75, 3.05) is 5.32 Å². The van der Waals surface area contributed by atoms with E-state index in [1.165, 1.54) is 0 Å². The Kier molecular flexibility index (Phi) is 3.10. The Labute approximate surface area is 115 Å². The van der Waals surface area contributed by atoms with Crippen molar-refractivity contribution in [2.45, 2.75) is 33.1 Å². The van der Waals surface area contributed by atoms with Gasteiger partial charge in [0.1, 0.15) is 0 Å². The predicted octanol–water partition coefficient (Wildman–Crippen LogP) is 3.15. The summed E-state index contributed by atoms with van der Waals surface area (Å²) in [6.45, 7) is 3.74. The van der Waals surface area contributed by atoms with Crippen LogP contribution in [0.15, 0.2) is 10.5 Å². The lowest BCUT2D eigenvalue weighted by atomic mass is 9.85. The second-order valence-corrected chi connectivity index (χ2v) is 6.08. The van der Waals surface area contributed by atoms with Gasteiger partial charge in [-0.05, 0) is 25.8 Å². The van der Waals surface area contributed by atoms with E-state index in [4.69, 9.17) is 4.42 Å². The van der Waals surface area contributed by atoms with Crippen LogP contribution in [0.3, 0.4) is 0 Å². The number of thiophene rings is 1. The summed E-state index contributed by atoms with van der Waals surface area (Å²) < 4.78 is 5.40. The van der Waals surface area contributed by atoms with E-state index in [0.29, 0.717) is 11.8 Å². The predicted molar refractivity (Wildman–Crippen MR) is 73.1 cm³/mol. The van der Waals surface area contributed by atoms with E-state index in [-0.39, 0.29) is 11.8 Å². The van der Waals surface area contributed by atoms with E-state index >= 15 is 0 Å². The SMILES string of the molecule is Cc1nnc(-c2cc(NC(=O)C3CCC3)c(C)s2)o1. The van der Waals surface area contributed by atoms with E-state index in [9.17, 15) is 4.79 Å². The standard InChI is InChI=1S/C13H15N3O2S/c1-7-10(14-12(17)9-4-3-5-9)6-11(19-7)13-16-15-8(2)18-13/h6,9H,3-5H2,1-2H3,(H,14,17). The zero-order valence-corrected chi connectivity index (χ0v) is 11.7. The van der Waals surface area contributed by atoms with E-state index in [0.717, 1.165) is 34.7 Å². The molecule has 0 bridgehead atoms. The van der Waals surface area contributed by atoms with Gasteiger partial charge >= 0.3 is 0 Å². The Hall–Kier alpha value is -1.69. The van der Waals surface area contributed by atoms with Gasteiger partial charge in [-0.15, -0.1) is 21.5 Å². The molecule has 1 N–H and O–H groups in total. The quantitative estimate of drug-likeness (QED) is 0.935. The Morgan fingerprint density at radius 1 is 1.42 bits per heavy atom. The molecule has 0 radical (unpaired) electrons. The maximum atomic E-state index is 11.9. The molecule has 3 rings (SSSR count). The van der Waals surface area contributed by atoms with Crippen LogP contribution in [0.5, 0.6) is 0 Å². The zero-order chi connectivity index (χ0) is 13.4. The normalized spacial score (nSPS) is 15.3. The first-order valence-electron chi connectivity index (χ1n) is 6.35. The number of nitrogens with one attached hydrogen (secondary N) is 1. The van der Waals surface area contributed by atoms with Crippen molar-refractivity contribution in [3.63, 3.8) is 0 Å². The minimum atomic E-state index is 0.125. The molecular weight excluding hydrogens is 262 g/mol. The Morgan fingerprint density at radius 2 is 2.21 bits per heavy atom. The highest BCUT2D eigenvalue weighted by Crippen LogP contribution is 2.35. The molecule has 0 unspecified atom stereocenters. The Bertz CT molecular complexity index is 613. The molecule has 1 saturated carbocycles. The molecule has 1 amide bonds. The third-order valence-corrected chi connectivity index (χ3v) is 4.43. The van der Waals surface area contributed by atoms with Crippen molar-refractivity contribution in [2.24, 2.45) is 5.92 Å². The van der Waals surface area contributed by atoms with Crippen LogP contribution in [0, 0.1) is 19.8 Å². The minimum Gasteiger partial charge on any atom is -0.420 e. The van der Waals surface area contributed by atoms with E-state index in [1.54, 1.807) is 18.3 Å². The summed E-state index contributed by atoms with van der Waals surface area (Å²) in [6.07, 6.45) is 3.17. The summed E-state index contributed by atoms with van der Waals surface area (Å²) in [5.41, 5.74) is 0.854. The molecule has 100 valence electrons. The summed E-state index contributed by atoms with van der Waals surface area (Å²) in [4.78, 5) is 13.9. The number of nitrogens with zero attached hydrogens (tertiary/aromatic N) is 2. The molecule has 5 nitrogen and oxygen atoms in total. The highest BCUT2D eigenvalue weighted by Gasteiger charge is 2.26. The van der Waals surface area contributed by atoms with Crippen LogP contribution in [-0.4, -0.2) is 16.1 Å². The highest BCUT2D eigenvalue weighted by atomic mass is 32.1. The van der Waals surface area contributed by atoms with Gasteiger partial charge in [0, 0.05) is 17.7 Å². The minimum absolute atomic E-state index is 0.125. The number of anilines is 1. The van der Waals surface area contributed by atoms with Crippen LogP contribution in [0.1, 0.15) is 30.0 Å². The molecule has 19 heavy (non-hydrogen) atoms. The lowest BCUT2D eigenvalue weighted by molar-refractivity contribution is -0.122. The molecule has 0 aliphatic heterocycles. The molecule has 6 heteroatoms. The second kappa shape index (κ2) is 4.77. The van der Waals surface area contributed by atoms with Crippen molar-refractivity contribution < 1.29 is 9.21 Å². The summed E-state index contributed by atoms with van der Waals surface area (Å²) in [5.74, 6) is 1.37. The molecular formula is C13H15N3O2S. The molecule has 2 aromatic heterocycles. The monoisotopic (exact) mass is 277 g/mol. The van der Waals surface area contributed by atoms with Gasteiger partial charge in [-0.25, -0.2) is 0 Å². The summed E-state index contributed by atoms with van der Waals surface area (Å²) in [5, 5.41) is 10.8. The van der Waals surface area contributed by atoms with Crippen molar-refractivity contribution in [1.82, 2.24) is 10.2 Å². The van der Waals surface area contributed by atoms with Crippen molar-refractivity contribution >= 4 is 22.9 Å². The third kappa shape index (κ3) is 2.40. The topological polar surface area (TPSA) is 68.0 Å². The Morgan fingerprint density at radius 3 is 2.79 bits per heavy atom. The molecule has 1 fully saturated rings. The number of hydrogen-bond donors (Lipinski definition) is 1. The largest absolute Gasteiger partial charge is 0.420 e. The van der Waals surface area contributed by atoms with E-state index in [2.05, 4.69) is 15.5 Å². The van der Waals surface area contributed by atoms with Gasteiger partial charge in [-0.1, -0.05) is 6.42 Å². The van der Waals surface area contributed by atoms with Crippen molar-refractivity contribution in [3.8, 4) is 10.8 Å². The number of carbonyl (C=O) groups is 1. The fourth-order valence-corrected chi connectivity index (χ4v) is 2.91. The number of amides is 1. The second-order valence-electron chi connectivity index (χ2n) is 4.82. The van der Waals surface area contributed by atoms with Crippen LogP contribution in [0.4, 0.5) is 5.69 Å². The highest BCUT2D eigenvalue weighted by molar-refractivity contribution is 7.15. The maximum Gasteiger partial charge on any atom is 0.257 e. The zero-order valence-electron chi connectivity index (χ0n) is 10.9. The van der Waals surface area contributed by atoms with Gasteiger partial charge in [0.05, 0.1) is 10.6 Å². The number of aryl methyl sites for hydroxylation is 2. The van der Waals surface area contributed by atoms with Gasteiger partial charge < -0.3 is 9.73 Å². The molecule has 2 aromatic rings. The fraction of sp³-hybridized carbons (Fsp3) is 0.462. The summed E-state index contributed by atoms with van der Waals surface area (Å²) in [7, 11) is 0. The smallest absolute Gasteiger partial charge is 0.257 e.